The van der Waals surface area contributed by atoms with Gasteiger partial charge in [-0.15, -0.1) is 11.3 Å². The summed E-state index contributed by atoms with van der Waals surface area (Å²) in [7, 11) is 0. The first kappa shape index (κ1) is 17.1. The van der Waals surface area contributed by atoms with Gasteiger partial charge in [-0.1, -0.05) is 36.0 Å². The van der Waals surface area contributed by atoms with Crippen molar-refractivity contribution in [1.82, 2.24) is 10.3 Å². The molecule has 6 heteroatoms. The summed E-state index contributed by atoms with van der Waals surface area (Å²) < 4.78 is 2.25. The van der Waals surface area contributed by atoms with Gasteiger partial charge in [-0.05, 0) is 49.1 Å². The van der Waals surface area contributed by atoms with E-state index in [-0.39, 0.29) is 5.91 Å². The van der Waals surface area contributed by atoms with Gasteiger partial charge in [0.25, 0.3) is 5.91 Å². The van der Waals surface area contributed by atoms with Crippen LogP contribution >= 0.6 is 23.1 Å². The van der Waals surface area contributed by atoms with Gasteiger partial charge in [-0.3, -0.25) is 4.79 Å². The summed E-state index contributed by atoms with van der Waals surface area (Å²) in [4.78, 5) is 17.0. The van der Waals surface area contributed by atoms with Gasteiger partial charge in [0.1, 0.15) is 5.54 Å². The number of carbonyl (C=O) groups is 1. The van der Waals surface area contributed by atoms with Crippen molar-refractivity contribution in [2.75, 3.05) is 0 Å². The van der Waals surface area contributed by atoms with E-state index in [2.05, 4.69) is 22.4 Å². The van der Waals surface area contributed by atoms with Crippen LogP contribution in [0.15, 0.2) is 52.9 Å². The molecule has 1 N–H and O–H groups in total. The number of nitrogens with zero attached hydrogens (tertiary/aromatic N) is 2. The van der Waals surface area contributed by atoms with Crippen LogP contribution < -0.4 is 5.32 Å². The Bertz CT molecular complexity index is 951. The van der Waals surface area contributed by atoms with Crippen LogP contribution in [0.25, 0.3) is 10.2 Å². The topological polar surface area (TPSA) is 65.8 Å². The van der Waals surface area contributed by atoms with E-state index in [1.54, 1.807) is 23.1 Å². The van der Waals surface area contributed by atoms with Crippen LogP contribution in [0.2, 0.25) is 0 Å². The zero-order valence-electron chi connectivity index (χ0n) is 14.1. The van der Waals surface area contributed by atoms with Crippen molar-refractivity contribution >= 4 is 39.2 Å². The molecule has 0 atom stereocenters. The minimum Gasteiger partial charge on any atom is -0.334 e. The van der Waals surface area contributed by atoms with Crippen molar-refractivity contribution in [3.8, 4) is 6.07 Å². The molecule has 0 bridgehead atoms. The molecular weight excluding hydrogens is 362 g/mol. The first-order chi connectivity index (χ1) is 12.7. The Balaban J connectivity index is 1.38. The second-order valence-corrected chi connectivity index (χ2v) is 8.69. The predicted octanol–water partition coefficient (Wildman–Crippen LogP) is 4.76. The number of amides is 1. The fraction of sp³-hybridized carbons (Fsp3) is 0.250. The Kier molecular flexibility index (Phi) is 4.66. The molecule has 4 nitrogen and oxygen atoms in total. The number of thiazole rings is 1. The molecule has 1 fully saturated rings. The fourth-order valence-corrected chi connectivity index (χ4v) is 4.92. The molecule has 130 valence electrons. The van der Waals surface area contributed by atoms with E-state index >= 15 is 0 Å². The molecule has 2 aromatic carbocycles. The third kappa shape index (κ3) is 3.46. The number of aromatic nitrogens is 1. The number of nitrogens with one attached hydrogen (secondary N) is 1. The van der Waals surface area contributed by atoms with Crippen LogP contribution in [0.3, 0.4) is 0 Å². The first-order valence-corrected chi connectivity index (χ1v) is 10.3. The molecule has 1 saturated carbocycles. The van der Waals surface area contributed by atoms with Crippen molar-refractivity contribution < 1.29 is 4.79 Å². The average molecular weight is 380 g/mol. The normalized spacial score (nSPS) is 15.2. The van der Waals surface area contributed by atoms with E-state index in [1.807, 2.05) is 42.5 Å². The van der Waals surface area contributed by atoms with Gasteiger partial charge in [0.2, 0.25) is 0 Å². The second kappa shape index (κ2) is 7.10. The van der Waals surface area contributed by atoms with Crippen LogP contribution in [0.1, 0.15) is 35.2 Å². The lowest BCUT2D eigenvalue weighted by Gasteiger charge is -2.35. The maximum Gasteiger partial charge on any atom is 0.252 e. The highest BCUT2D eigenvalue weighted by Crippen LogP contribution is 2.32. The number of thioether (sulfide) groups is 1. The smallest absolute Gasteiger partial charge is 0.252 e. The number of carbonyl (C=O) groups excluding carboxylic acids is 1. The van der Waals surface area contributed by atoms with Crippen LogP contribution in [0, 0.1) is 11.3 Å². The molecule has 1 aliphatic carbocycles. The predicted molar refractivity (Wildman–Crippen MR) is 105 cm³/mol. The standard InChI is InChI=1S/C20H17N3OS2/c21-13-20(10-3-11-20)23-18(24)15-8-6-14(7-9-15)12-25-19-22-16-4-1-2-5-17(16)26-19/h1-2,4-9H,3,10-12H2,(H,23,24). The molecule has 0 radical (unpaired) electrons. The minimum atomic E-state index is -0.654. The lowest BCUT2D eigenvalue weighted by molar-refractivity contribution is 0.0881. The van der Waals surface area contributed by atoms with Gasteiger partial charge in [0, 0.05) is 11.3 Å². The van der Waals surface area contributed by atoms with Crippen molar-refractivity contribution in [1.29, 1.82) is 5.26 Å². The Morgan fingerprint density at radius 3 is 2.65 bits per heavy atom. The third-order valence-electron chi connectivity index (χ3n) is 4.63. The lowest BCUT2D eigenvalue weighted by Crippen LogP contribution is -2.52. The summed E-state index contributed by atoms with van der Waals surface area (Å²) in [5.41, 5.74) is 2.12. The van der Waals surface area contributed by atoms with Crippen molar-refractivity contribution in [3.63, 3.8) is 0 Å². The third-order valence-corrected chi connectivity index (χ3v) is 6.88. The molecule has 0 aliphatic heterocycles. The minimum absolute atomic E-state index is 0.170. The summed E-state index contributed by atoms with van der Waals surface area (Å²) in [6.45, 7) is 0. The van der Waals surface area contributed by atoms with Crippen molar-refractivity contribution in [2.45, 2.75) is 34.9 Å². The Labute approximate surface area is 160 Å². The van der Waals surface area contributed by atoms with Gasteiger partial charge in [0.05, 0.1) is 16.3 Å². The Morgan fingerprint density at radius 1 is 1.23 bits per heavy atom. The molecule has 1 amide bonds. The van der Waals surface area contributed by atoms with E-state index in [4.69, 9.17) is 0 Å². The number of hydrogen-bond acceptors (Lipinski definition) is 5. The van der Waals surface area contributed by atoms with E-state index < -0.39 is 5.54 Å². The summed E-state index contributed by atoms with van der Waals surface area (Å²) in [6, 6.07) is 18.0. The van der Waals surface area contributed by atoms with Gasteiger partial charge in [0.15, 0.2) is 4.34 Å². The van der Waals surface area contributed by atoms with Gasteiger partial charge in [-0.2, -0.15) is 5.26 Å². The summed E-state index contributed by atoms with van der Waals surface area (Å²) in [6.07, 6.45) is 2.48. The molecule has 26 heavy (non-hydrogen) atoms. The van der Waals surface area contributed by atoms with Crippen LogP contribution in [-0.4, -0.2) is 16.4 Å². The SMILES string of the molecule is N#CC1(NC(=O)c2ccc(CSc3nc4ccccc4s3)cc2)CCC1. The molecule has 1 heterocycles. The van der Waals surface area contributed by atoms with E-state index in [0.29, 0.717) is 5.56 Å². The van der Waals surface area contributed by atoms with Crippen LogP contribution in [0.5, 0.6) is 0 Å². The Morgan fingerprint density at radius 2 is 2.00 bits per heavy atom. The van der Waals surface area contributed by atoms with Crippen LogP contribution in [-0.2, 0) is 5.75 Å². The number of benzene rings is 2. The Hall–Kier alpha value is -2.36. The van der Waals surface area contributed by atoms with Crippen molar-refractivity contribution in [3.05, 3.63) is 59.7 Å². The summed E-state index contributed by atoms with van der Waals surface area (Å²) in [5, 5.41) is 12.1. The zero-order chi connectivity index (χ0) is 18.0. The quantitative estimate of drug-likeness (QED) is 0.649. The molecule has 1 aliphatic rings. The van der Waals surface area contributed by atoms with Crippen LogP contribution in [0.4, 0.5) is 0 Å². The fourth-order valence-electron chi connectivity index (χ4n) is 2.89. The largest absolute Gasteiger partial charge is 0.334 e. The highest BCUT2D eigenvalue weighted by molar-refractivity contribution is 8.00. The maximum absolute atomic E-state index is 12.3. The monoisotopic (exact) mass is 379 g/mol. The van der Waals surface area contributed by atoms with E-state index in [0.717, 1.165) is 40.4 Å². The number of fused-ring (bicyclic) bond motifs is 1. The highest BCUT2D eigenvalue weighted by atomic mass is 32.2. The molecule has 0 spiro atoms. The van der Waals surface area contributed by atoms with E-state index in [1.165, 1.54) is 4.70 Å². The maximum atomic E-state index is 12.3. The number of hydrogen-bond donors (Lipinski definition) is 1. The van der Waals surface area contributed by atoms with E-state index in [9.17, 15) is 10.1 Å². The molecule has 0 saturated heterocycles. The van der Waals surface area contributed by atoms with Crippen molar-refractivity contribution in [2.24, 2.45) is 0 Å². The molecule has 3 aromatic rings. The molecular formula is C20H17N3OS2. The van der Waals surface area contributed by atoms with Gasteiger partial charge in [-0.25, -0.2) is 4.98 Å². The first-order valence-electron chi connectivity index (χ1n) is 8.49. The second-order valence-electron chi connectivity index (χ2n) is 6.43. The molecule has 4 rings (SSSR count). The highest BCUT2D eigenvalue weighted by Gasteiger charge is 2.38. The number of nitriles is 1. The van der Waals surface area contributed by atoms with Gasteiger partial charge >= 0.3 is 0 Å². The number of para-hydroxylation sites is 1. The average Bonchev–Trinajstić information content (AvgIpc) is 3.06. The summed E-state index contributed by atoms with van der Waals surface area (Å²) in [5.74, 6) is 0.640. The summed E-state index contributed by atoms with van der Waals surface area (Å²) >= 11 is 3.40. The number of rotatable bonds is 5. The lowest BCUT2D eigenvalue weighted by atomic mass is 9.78. The zero-order valence-corrected chi connectivity index (χ0v) is 15.7. The molecule has 1 aromatic heterocycles. The van der Waals surface area contributed by atoms with Gasteiger partial charge < -0.3 is 5.32 Å². The molecule has 0 unspecified atom stereocenters.